The van der Waals surface area contributed by atoms with Crippen LogP contribution in [0.1, 0.15) is 46.2 Å². The van der Waals surface area contributed by atoms with Crippen molar-refractivity contribution in [3.63, 3.8) is 0 Å². The van der Waals surface area contributed by atoms with Crippen molar-refractivity contribution in [3.8, 4) is 11.5 Å². The van der Waals surface area contributed by atoms with E-state index in [0.29, 0.717) is 17.4 Å². The molecule has 0 aromatic heterocycles. The van der Waals surface area contributed by atoms with Crippen LogP contribution in [0.25, 0.3) is 0 Å². The highest BCUT2D eigenvalue weighted by Gasteiger charge is 2.22. The SMILES string of the molecule is CC(C)CN(CC(C)C)C(C)c1c(O)cccc1O. The largest absolute Gasteiger partial charge is 0.507 e. The summed E-state index contributed by atoms with van der Waals surface area (Å²) in [6.07, 6.45) is 0. The lowest BCUT2D eigenvalue weighted by atomic mass is 10.0. The minimum absolute atomic E-state index is 0.00556. The molecule has 1 aromatic carbocycles. The Morgan fingerprint density at radius 1 is 0.895 bits per heavy atom. The second-order valence-electron chi connectivity index (χ2n) is 6.13. The zero-order valence-electron chi connectivity index (χ0n) is 12.7. The van der Waals surface area contributed by atoms with Crippen molar-refractivity contribution in [2.75, 3.05) is 13.1 Å². The topological polar surface area (TPSA) is 43.7 Å². The van der Waals surface area contributed by atoms with Gasteiger partial charge in [0, 0.05) is 19.1 Å². The highest BCUT2D eigenvalue weighted by molar-refractivity contribution is 5.44. The summed E-state index contributed by atoms with van der Waals surface area (Å²) in [5, 5.41) is 20.0. The van der Waals surface area contributed by atoms with Crippen molar-refractivity contribution >= 4 is 0 Å². The van der Waals surface area contributed by atoms with Gasteiger partial charge in [0.15, 0.2) is 0 Å². The maximum atomic E-state index is 9.99. The molecule has 19 heavy (non-hydrogen) atoms. The van der Waals surface area contributed by atoms with Crippen LogP contribution in [0.15, 0.2) is 18.2 Å². The molecule has 0 aliphatic carbocycles. The Bertz CT molecular complexity index is 371. The van der Waals surface area contributed by atoms with E-state index in [1.807, 2.05) is 6.92 Å². The Kier molecular flexibility index (Phi) is 5.67. The highest BCUT2D eigenvalue weighted by atomic mass is 16.3. The number of aromatic hydroxyl groups is 2. The lowest BCUT2D eigenvalue weighted by Gasteiger charge is -2.33. The van der Waals surface area contributed by atoms with E-state index in [1.54, 1.807) is 18.2 Å². The number of hydrogen-bond acceptors (Lipinski definition) is 3. The van der Waals surface area contributed by atoms with Crippen LogP contribution in [0.4, 0.5) is 0 Å². The maximum absolute atomic E-state index is 9.99. The normalized spacial score (nSPS) is 13.5. The predicted octanol–water partition coefficient (Wildman–Crippen LogP) is 3.77. The molecule has 0 fully saturated rings. The molecule has 0 heterocycles. The summed E-state index contributed by atoms with van der Waals surface area (Å²) < 4.78 is 0. The fraction of sp³-hybridized carbons (Fsp3) is 0.625. The Morgan fingerprint density at radius 3 is 1.68 bits per heavy atom. The maximum Gasteiger partial charge on any atom is 0.124 e. The van der Waals surface area contributed by atoms with Gasteiger partial charge in [-0.3, -0.25) is 4.90 Å². The van der Waals surface area contributed by atoms with Gasteiger partial charge in [0.25, 0.3) is 0 Å². The van der Waals surface area contributed by atoms with Gasteiger partial charge < -0.3 is 10.2 Å². The van der Waals surface area contributed by atoms with Gasteiger partial charge in [-0.1, -0.05) is 33.8 Å². The molecule has 0 saturated heterocycles. The molecule has 0 aliphatic heterocycles. The summed E-state index contributed by atoms with van der Waals surface area (Å²) in [5.74, 6) is 1.44. The third-order valence-corrected chi connectivity index (χ3v) is 3.22. The molecule has 0 radical (unpaired) electrons. The second kappa shape index (κ2) is 6.80. The molecule has 3 nitrogen and oxygen atoms in total. The van der Waals surface area contributed by atoms with Crippen molar-refractivity contribution in [3.05, 3.63) is 23.8 Å². The van der Waals surface area contributed by atoms with Crippen LogP contribution in [-0.4, -0.2) is 28.2 Å². The van der Waals surface area contributed by atoms with Crippen molar-refractivity contribution < 1.29 is 10.2 Å². The minimum atomic E-state index is 0.00556. The Morgan fingerprint density at radius 2 is 1.32 bits per heavy atom. The number of hydrogen-bond donors (Lipinski definition) is 2. The molecule has 0 spiro atoms. The molecule has 108 valence electrons. The number of rotatable bonds is 6. The third kappa shape index (κ3) is 4.43. The molecule has 0 amide bonds. The van der Waals surface area contributed by atoms with E-state index in [1.165, 1.54) is 0 Å². The summed E-state index contributed by atoms with van der Waals surface area (Å²) in [6, 6.07) is 4.94. The second-order valence-corrected chi connectivity index (χ2v) is 6.13. The summed E-state index contributed by atoms with van der Waals surface area (Å²) in [7, 11) is 0. The van der Waals surface area contributed by atoms with Gasteiger partial charge in [-0.15, -0.1) is 0 Å². The van der Waals surface area contributed by atoms with Crippen LogP contribution in [0.5, 0.6) is 11.5 Å². The van der Waals surface area contributed by atoms with Gasteiger partial charge in [0.1, 0.15) is 11.5 Å². The molecular formula is C16H27NO2. The van der Waals surface area contributed by atoms with Gasteiger partial charge in [-0.05, 0) is 30.9 Å². The minimum Gasteiger partial charge on any atom is -0.507 e. The Hall–Kier alpha value is -1.22. The Labute approximate surface area is 116 Å². The summed E-state index contributed by atoms with van der Waals surface area (Å²) in [4.78, 5) is 2.32. The molecule has 1 atom stereocenters. The lowest BCUT2D eigenvalue weighted by molar-refractivity contribution is 0.162. The molecule has 1 rings (SSSR count). The van der Waals surface area contributed by atoms with Crippen LogP contribution in [-0.2, 0) is 0 Å². The molecule has 2 N–H and O–H groups in total. The average molecular weight is 265 g/mol. The third-order valence-electron chi connectivity index (χ3n) is 3.22. The van der Waals surface area contributed by atoms with Crippen LogP contribution in [0.2, 0.25) is 0 Å². The van der Waals surface area contributed by atoms with Gasteiger partial charge in [0.05, 0.1) is 5.56 Å². The standard InChI is InChI=1S/C16H27NO2/c1-11(2)9-17(10-12(3)4)13(5)16-14(18)7-6-8-15(16)19/h6-8,11-13,18-19H,9-10H2,1-5H3. The van der Waals surface area contributed by atoms with Gasteiger partial charge in [-0.25, -0.2) is 0 Å². The predicted molar refractivity (Wildman–Crippen MR) is 79.4 cm³/mol. The summed E-state index contributed by atoms with van der Waals surface area (Å²) >= 11 is 0. The van der Waals surface area contributed by atoms with E-state index in [4.69, 9.17) is 0 Å². The molecule has 1 aromatic rings. The van der Waals surface area contributed by atoms with Crippen molar-refractivity contribution in [1.29, 1.82) is 0 Å². The quantitative estimate of drug-likeness (QED) is 0.823. The smallest absolute Gasteiger partial charge is 0.124 e. The van der Waals surface area contributed by atoms with Gasteiger partial charge >= 0.3 is 0 Å². The lowest BCUT2D eigenvalue weighted by Crippen LogP contribution is -2.33. The van der Waals surface area contributed by atoms with Crippen LogP contribution in [0.3, 0.4) is 0 Å². The monoisotopic (exact) mass is 265 g/mol. The van der Waals surface area contributed by atoms with Crippen LogP contribution in [0, 0.1) is 11.8 Å². The van der Waals surface area contributed by atoms with E-state index < -0.39 is 0 Å². The highest BCUT2D eigenvalue weighted by Crippen LogP contribution is 2.36. The van der Waals surface area contributed by atoms with E-state index in [-0.39, 0.29) is 17.5 Å². The van der Waals surface area contributed by atoms with Crippen molar-refractivity contribution in [1.82, 2.24) is 4.90 Å². The molecule has 0 bridgehead atoms. The van der Waals surface area contributed by atoms with E-state index in [2.05, 4.69) is 32.6 Å². The zero-order valence-corrected chi connectivity index (χ0v) is 12.7. The molecule has 3 heteroatoms. The van der Waals surface area contributed by atoms with Gasteiger partial charge in [0.2, 0.25) is 0 Å². The molecular weight excluding hydrogens is 238 g/mol. The van der Waals surface area contributed by atoms with E-state index >= 15 is 0 Å². The fourth-order valence-corrected chi connectivity index (χ4v) is 2.48. The van der Waals surface area contributed by atoms with Crippen LogP contribution >= 0.6 is 0 Å². The van der Waals surface area contributed by atoms with Crippen molar-refractivity contribution in [2.45, 2.75) is 40.7 Å². The number of nitrogens with zero attached hydrogens (tertiary/aromatic N) is 1. The first-order valence-electron chi connectivity index (χ1n) is 7.07. The average Bonchev–Trinajstić information content (AvgIpc) is 2.26. The number of phenols is 2. The number of phenolic OH excluding ortho intramolecular Hbond substituents is 2. The molecule has 0 aliphatic rings. The van der Waals surface area contributed by atoms with Crippen LogP contribution < -0.4 is 0 Å². The first-order chi connectivity index (χ1) is 8.82. The first kappa shape index (κ1) is 15.8. The fourth-order valence-electron chi connectivity index (χ4n) is 2.48. The summed E-state index contributed by atoms with van der Waals surface area (Å²) in [5.41, 5.74) is 0.629. The van der Waals surface area contributed by atoms with Crippen molar-refractivity contribution in [2.24, 2.45) is 11.8 Å². The van der Waals surface area contributed by atoms with E-state index in [9.17, 15) is 10.2 Å². The van der Waals surface area contributed by atoms with E-state index in [0.717, 1.165) is 13.1 Å². The molecule has 1 unspecified atom stereocenters. The number of benzene rings is 1. The van der Waals surface area contributed by atoms with Gasteiger partial charge in [-0.2, -0.15) is 0 Å². The summed E-state index contributed by atoms with van der Waals surface area (Å²) in [6.45, 7) is 12.7. The zero-order chi connectivity index (χ0) is 14.6. The molecule has 0 saturated carbocycles. The Balaban J connectivity index is 3.00. The first-order valence-corrected chi connectivity index (χ1v) is 7.07.